The van der Waals surface area contributed by atoms with Crippen LogP contribution in [0.4, 0.5) is 0 Å². The van der Waals surface area contributed by atoms with E-state index in [0.29, 0.717) is 0 Å². The SMILES string of the molecule is C=Cc1ccccc1.[CH3][Na]. The molecule has 0 heterocycles. The summed E-state index contributed by atoms with van der Waals surface area (Å²) in [5.74, 6) is 0. The Morgan fingerprint density at radius 1 is 1.20 bits per heavy atom. The molecule has 1 rings (SSSR count). The monoisotopic (exact) mass is 142 g/mol. The fourth-order valence-corrected chi connectivity index (χ4v) is 0.589. The zero-order chi connectivity index (χ0) is 7.82. The van der Waals surface area contributed by atoms with Crippen molar-refractivity contribution in [2.24, 2.45) is 0 Å². The maximum atomic E-state index is 3.63. The van der Waals surface area contributed by atoms with Gasteiger partial charge in [0, 0.05) is 0 Å². The van der Waals surface area contributed by atoms with Crippen LogP contribution in [0.3, 0.4) is 0 Å². The summed E-state index contributed by atoms with van der Waals surface area (Å²) in [4.78, 5) is 0. The Morgan fingerprint density at radius 2 is 1.70 bits per heavy atom. The molecule has 48 valence electrons. The van der Waals surface area contributed by atoms with Crippen molar-refractivity contribution >= 4 is 34.0 Å². The van der Waals surface area contributed by atoms with Crippen molar-refractivity contribution in [1.82, 2.24) is 0 Å². The Kier molecular flexibility index (Phi) is 7.04. The molecule has 0 amide bonds. The first-order chi connectivity index (χ1) is 4.93. The van der Waals surface area contributed by atoms with Crippen LogP contribution in [0.2, 0.25) is 4.17 Å². The predicted molar refractivity (Wildman–Crippen MR) is 48.2 cm³/mol. The Morgan fingerprint density at radius 3 is 2.00 bits per heavy atom. The third kappa shape index (κ3) is 3.89. The summed E-state index contributed by atoms with van der Waals surface area (Å²) in [6.07, 6.45) is 1.83. The molecular weight excluding hydrogens is 131 g/mol. The normalized spacial score (nSPS) is 7.50. The molecule has 0 bridgehead atoms. The van der Waals surface area contributed by atoms with Crippen molar-refractivity contribution in [3.05, 3.63) is 42.5 Å². The molecule has 1 heteroatoms. The van der Waals surface area contributed by atoms with E-state index >= 15 is 0 Å². The van der Waals surface area contributed by atoms with Crippen LogP contribution in [0.15, 0.2) is 36.9 Å². The van der Waals surface area contributed by atoms with Crippen molar-refractivity contribution in [3.8, 4) is 0 Å². The van der Waals surface area contributed by atoms with E-state index in [0.717, 1.165) is 0 Å². The van der Waals surface area contributed by atoms with Gasteiger partial charge in [0.25, 0.3) is 0 Å². The molecule has 1 aromatic carbocycles. The fraction of sp³-hybridized carbons (Fsp3) is 0.111. The zero-order valence-corrected chi connectivity index (χ0v) is 8.67. The maximum absolute atomic E-state index is 3.63. The Labute approximate surface area is 80.4 Å². The van der Waals surface area contributed by atoms with Crippen molar-refractivity contribution in [2.45, 2.75) is 4.17 Å². The topological polar surface area (TPSA) is 0 Å². The second kappa shape index (κ2) is 7.07. The van der Waals surface area contributed by atoms with E-state index in [1.54, 1.807) is 0 Å². The molecule has 0 aliphatic heterocycles. The molecule has 0 saturated heterocycles. The van der Waals surface area contributed by atoms with Crippen molar-refractivity contribution in [2.75, 3.05) is 0 Å². The first-order valence-corrected chi connectivity index (χ1v) is 5.61. The van der Waals surface area contributed by atoms with E-state index in [-0.39, 0.29) is 0 Å². The van der Waals surface area contributed by atoms with E-state index in [1.807, 2.05) is 36.4 Å². The van der Waals surface area contributed by atoms with Gasteiger partial charge in [0.2, 0.25) is 0 Å². The quantitative estimate of drug-likeness (QED) is 0.528. The third-order valence-corrected chi connectivity index (χ3v) is 1.04. The Balaban J connectivity index is 0.000000371. The summed E-state index contributed by atoms with van der Waals surface area (Å²) >= 11 is 1.31. The van der Waals surface area contributed by atoms with Crippen LogP contribution < -0.4 is 0 Å². The standard InChI is InChI=1S/C8H8.CH3.Na/c1-2-8-6-4-3-5-7-8;;/h2-7H,1H2;1H3;. The molecule has 1 aromatic rings. The molecule has 0 N–H and O–H groups in total. The first kappa shape index (κ1) is 9.96. The van der Waals surface area contributed by atoms with E-state index in [4.69, 9.17) is 0 Å². The van der Waals surface area contributed by atoms with Gasteiger partial charge >= 0.3 is 32.1 Å². The van der Waals surface area contributed by atoms with Gasteiger partial charge in [0.15, 0.2) is 0 Å². The van der Waals surface area contributed by atoms with Crippen molar-refractivity contribution < 1.29 is 0 Å². The molecule has 0 unspecified atom stereocenters. The van der Waals surface area contributed by atoms with E-state index < -0.39 is 0 Å². The molecular formula is C9H11Na. The molecule has 0 atom stereocenters. The molecule has 0 saturated carbocycles. The van der Waals surface area contributed by atoms with Gasteiger partial charge in [-0.25, -0.2) is 0 Å². The first-order valence-electron chi connectivity index (χ1n) is 3.61. The molecule has 10 heavy (non-hydrogen) atoms. The van der Waals surface area contributed by atoms with Crippen LogP contribution in [0.5, 0.6) is 0 Å². The summed E-state index contributed by atoms with van der Waals surface area (Å²) in [6.45, 7) is 3.63. The average Bonchev–Trinajstić information content (AvgIpc) is 2.10. The number of rotatable bonds is 1. The minimum atomic E-state index is 1.17. The minimum absolute atomic E-state index is 1.17. The van der Waals surface area contributed by atoms with Gasteiger partial charge in [-0.05, 0) is 5.56 Å². The van der Waals surface area contributed by atoms with Crippen LogP contribution in [0.25, 0.3) is 6.08 Å². The third-order valence-electron chi connectivity index (χ3n) is 1.04. The van der Waals surface area contributed by atoms with Crippen LogP contribution in [0.1, 0.15) is 5.56 Å². The van der Waals surface area contributed by atoms with Crippen LogP contribution in [-0.4, -0.2) is 27.9 Å². The van der Waals surface area contributed by atoms with Crippen molar-refractivity contribution in [3.63, 3.8) is 0 Å². The summed E-state index contributed by atoms with van der Waals surface area (Å²) < 4.78 is 2.14. The van der Waals surface area contributed by atoms with Gasteiger partial charge < -0.3 is 0 Å². The fourth-order valence-electron chi connectivity index (χ4n) is 0.589. The van der Waals surface area contributed by atoms with Gasteiger partial charge in [-0.1, -0.05) is 43.0 Å². The molecule has 0 nitrogen and oxygen atoms in total. The van der Waals surface area contributed by atoms with E-state index in [2.05, 4.69) is 10.8 Å². The van der Waals surface area contributed by atoms with E-state index in [1.165, 1.54) is 33.5 Å². The second-order valence-electron chi connectivity index (χ2n) is 1.61. The van der Waals surface area contributed by atoms with Crippen molar-refractivity contribution in [1.29, 1.82) is 0 Å². The van der Waals surface area contributed by atoms with Gasteiger partial charge in [-0.2, -0.15) is 0 Å². The van der Waals surface area contributed by atoms with Gasteiger partial charge in [-0.15, -0.1) is 0 Å². The summed E-state index contributed by atoms with van der Waals surface area (Å²) in [5, 5.41) is 0. The number of hydrogen-bond acceptors (Lipinski definition) is 0. The van der Waals surface area contributed by atoms with Crippen LogP contribution in [-0.2, 0) is 0 Å². The molecule has 0 radical (unpaired) electrons. The van der Waals surface area contributed by atoms with Crippen LogP contribution in [0, 0.1) is 0 Å². The van der Waals surface area contributed by atoms with Gasteiger partial charge in [0.1, 0.15) is 0 Å². The van der Waals surface area contributed by atoms with Crippen LogP contribution >= 0.6 is 0 Å². The molecule has 0 aliphatic rings. The summed E-state index contributed by atoms with van der Waals surface area (Å²) in [6, 6.07) is 10.0. The van der Waals surface area contributed by atoms with E-state index in [9.17, 15) is 0 Å². The summed E-state index contributed by atoms with van der Waals surface area (Å²) in [5.41, 5.74) is 1.17. The number of benzene rings is 1. The molecule has 0 aliphatic carbocycles. The predicted octanol–water partition coefficient (Wildman–Crippen LogP) is 2.53. The summed E-state index contributed by atoms with van der Waals surface area (Å²) in [7, 11) is 0. The number of hydrogen-bond donors (Lipinski definition) is 0. The zero-order valence-electron chi connectivity index (χ0n) is 6.67. The van der Waals surface area contributed by atoms with Gasteiger partial charge in [0.05, 0.1) is 0 Å². The Bertz CT molecular complexity index is 167. The van der Waals surface area contributed by atoms with Gasteiger partial charge in [-0.3, -0.25) is 0 Å². The Hall–Kier alpha value is -0.0400. The molecule has 0 aromatic heterocycles. The molecule has 0 fully saturated rings. The second-order valence-corrected chi connectivity index (χ2v) is 1.61. The molecule has 0 spiro atoms. The average molecular weight is 142 g/mol.